The Labute approximate surface area is 106 Å². The molecule has 18 heavy (non-hydrogen) atoms. The zero-order valence-electron chi connectivity index (χ0n) is 10.4. The van der Waals surface area contributed by atoms with Crippen LogP contribution in [-0.4, -0.2) is 34.3 Å². The minimum absolute atomic E-state index is 0.108. The van der Waals surface area contributed by atoms with E-state index in [-0.39, 0.29) is 5.75 Å². The number of carboxylic acid groups (broad SMARTS) is 1. The zero-order chi connectivity index (χ0) is 13.3. The zero-order valence-corrected chi connectivity index (χ0v) is 10.4. The summed E-state index contributed by atoms with van der Waals surface area (Å²) in [5.74, 6) is 0.406. The van der Waals surface area contributed by atoms with E-state index in [0.29, 0.717) is 24.7 Å². The fourth-order valence-electron chi connectivity index (χ4n) is 2.56. The molecule has 0 spiro atoms. The van der Waals surface area contributed by atoms with Crippen molar-refractivity contribution in [3.05, 3.63) is 23.3 Å². The Morgan fingerprint density at radius 3 is 2.56 bits per heavy atom. The highest BCUT2D eigenvalue weighted by molar-refractivity contribution is 5.65. The van der Waals surface area contributed by atoms with Gasteiger partial charge in [0, 0.05) is 13.1 Å². The molecule has 2 rings (SSSR count). The first-order chi connectivity index (χ1) is 8.49. The lowest BCUT2D eigenvalue weighted by molar-refractivity contribution is 0.132. The summed E-state index contributed by atoms with van der Waals surface area (Å²) in [5, 5.41) is 18.6. The largest absolute Gasteiger partial charge is 0.506 e. The number of nitrogens with zero attached hydrogens (tertiary/aromatic N) is 1. The Hall–Kier alpha value is -1.91. The van der Waals surface area contributed by atoms with Crippen LogP contribution in [0.2, 0.25) is 0 Å². The Kier molecular flexibility index (Phi) is 3.32. The quantitative estimate of drug-likeness (QED) is 0.526. The van der Waals surface area contributed by atoms with E-state index in [2.05, 4.69) is 0 Å². The predicted molar refractivity (Wildman–Crippen MR) is 68.8 cm³/mol. The molecule has 1 saturated heterocycles. The molecule has 0 bridgehead atoms. The summed E-state index contributed by atoms with van der Waals surface area (Å²) in [6.07, 6.45) is 0.720. The topological polar surface area (TPSA) is 86.8 Å². The Morgan fingerprint density at radius 1 is 1.39 bits per heavy atom. The van der Waals surface area contributed by atoms with E-state index < -0.39 is 6.09 Å². The number of anilines is 1. The van der Waals surface area contributed by atoms with E-state index in [1.165, 1.54) is 4.90 Å². The Bertz CT molecular complexity index is 466. The van der Waals surface area contributed by atoms with Crippen molar-refractivity contribution in [2.24, 2.45) is 0 Å². The second-order valence-corrected chi connectivity index (χ2v) is 4.81. The third-order valence-corrected chi connectivity index (χ3v) is 3.62. The number of hydrogen-bond donors (Lipinski definition) is 3. The number of aromatic hydroxyl groups is 1. The number of hydrogen-bond acceptors (Lipinski definition) is 3. The fraction of sp³-hybridized carbons (Fsp3) is 0.462. The molecule has 5 heteroatoms. The summed E-state index contributed by atoms with van der Waals surface area (Å²) >= 11 is 0. The molecule has 1 aliphatic rings. The highest BCUT2D eigenvalue weighted by atomic mass is 16.4. The molecule has 0 aliphatic carbocycles. The number of aryl methyl sites for hydroxylation is 1. The van der Waals surface area contributed by atoms with Gasteiger partial charge in [-0.15, -0.1) is 0 Å². The van der Waals surface area contributed by atoms with Gasteiger partial charge in [0.05, 0.1) is 5.69 Å². The maximum Gasteiger partial charge on any atom is 0.407 e. The molecule has 1 fully saturated rings. The third kappa shape index (κ3) is 2.34. The SMILES string of the molecule is Cc1cc(N)c(O)cc1C1CCN(C(=O)O)CC1. The van der Waals surface area contributed by atoms with Gasteiger partial charge in [0.1, 0.15) is 5.75 Å². The van der Waals surface area contributed by atoms with Gasteiger partial charge in [0.25, 0.3) is 0 Å². The molecule has 0 radical (unpaired) electrons. The van der Waals surface area contributed by atoms with Crippen LogP contribution in [0.15, 0.2) is 12.1 Å². The smallest absolute Gasteiger partial charge is 0.407 e. The number of nitrogens with two attached hydrogens (primary N) is 1. The van der Waals surface area contributed by atoms with Crippen molar-refractivity contribution in [1.82, 2.24) is 4.90 Å². The maximum atomic E-state index is 10.8. The van der Waals surface area contributed by atoms with Crippen LogP contribution >= 0.6 is 0 Å². The average Bonchev–Trinajstić information content (AvgIpc) is 2.34. The van der Waals surface area contributed by atoms with Crippen molar-refractivity contribution in [3.63, 3.8) is 0 Å². The molecule has 0 aromatic heterocycles. The molecule has 1 amide bonds. The van der Waals surface area contributed by atoms with Crippen molar-refractivity contribution in [2.45, 2.75) is 25.7 Å². The highest BCUT2D eigenvalue weighted by Gasteiger charge is 2.24. The fourth-order valence-corrected chi connectivity index (χ4v) is 2.56. The van der Waals surface area contributed by atoms with Crippen LogP contribution in [0.25, 0.3) is 0 Å². The molecular formula is C13H18N2O3. The summed E-state index contributed by atoms with van der Waals surface area (Å²) in [5.41, 5.74) is 8.16. The number of likely N-dealkylation sites (tertiary alicyclic amines) is 1. The molecule has 4 N–H and O–H groups in total. The van der Waals surface area contributed by atoms with Crippen molar-refractivity contribution < 1.29 is 15.0 Å². The maximum absolute atomic E-state index is 10.8. The summed E-state index contributed by atoms with van der Waals surface area (Å²) in [4.78, 5) is 12.3. The van der Waals surface area contributed by atoms with E-state index in [9.17, 15) is 9.90 Å². The van der Waals surface area contributed by atoms with Crippen molar-refractivity contribution >= 4 is 11.8 Å². The molecule has 0 atom stereocenters. The number of rotatable bonds is 1. The summed E-state index contributed by atoms with van der Waals surface area (Å²) in [7, 11) is 0. The minimum Gasteiger partial charge on any atom is -0.506 e. The number of phenolic OH excluding ortho intramolecular Hbond substituents is 1. The average molecular weight is 250 g/mol. The van der Waals surface area contributed by atoms with Gasteiger partial charge in [-0.1, -0.05) is 0 Å². The van der Waals surface area contributed by atoms with E-state index in [1.807, 2.05) is 6.92 Å². The van der Waals surface area contributed by atoms with Crippen molar-refractivity contribution in [1.29, 1.82) is 0 Å². The van der Waals surface area contributed by atoms with Crippen LogP contribution in [0, 0.1) is 6.92 Å². The molecule has 1 aromatic rings. The van der Waals surface area contributed by atoms with E-state index in [1.54, 1.807) is 12.1 Å². The predicted octanol–water partition coefficient (Wildman–Crippen LogP) is 2.14. The lowest BCUT2D eigenvalue weighted by atomic mass is 9.86. The minimum atomic E-state index is -0.856. The number of benzene rings is 1. The van der Waals surface area contributed by atoms with Gasteiger partial charge in [-0.3, -0.25) is 0 Å². The number of piperidine rings is 1. The van der Waals surface area contributed by atoms with Crippen LogP contribution < -0.4 is 5.73 Å². The van der Waals surface area contributed by atoms with Gasteiger partial charge < -0.3 is 20.8 Å². The second kappa shape index (κ2) is 4.76. The first-order valence-corrected chi connectivity index (χ1v) is 6.06. The molecule has 5 nitrogen and oxygen atoms in total. The Balaban J connectivity index is 2.15. The van der Waals surface area contributed by atoms with E-state index in [0.717, 1.165) is 24.0 Å². The van der Waals surface area contributed by atoms with E-state index in [4.69, 9.17) is 10.8 Å². The van der Waals surface area contributed by atoms with Crippen LogP contribution in [0.5, 0.6) is 5.75 Å². The monoisotopic (exact) mass is 250 g/mol. The number of nitrogen functional groups attached to an aromatic ring is 1. The molecule has 1 aromatic carbocycles. The lowest BCUT2D eigenvalue weighted by Crippen LogP contribution is -2.36. The van der Waals surface area contributed by atoms with Gasteiger partial charge in [0.15, 0.2) is 0 Å². The Morgan fingerprint density at radius 2 is 2.00 bits per heavy atom. The second-order valence-electron chi connectivity index (χ2n) is 4.81. The third-order valence-electron chi connectivity index (χ3n) is 3.62. The molecular weight excluding hydrogens is 232 g/mol. The van der Waals surface area contributed by atoms with Crippen LogP contribution in [0.4, 0.5) is 10.5 Å². The van der Waals surface area contributed by atoms with Gasteiger partial charge in [-0.25, -0.2) is 4.79 Å². The van der Waals surface area contributed by atoms with Crippen LogP contribution in [0.3, 0.4) is 0 Å². The number of amides is 1. The van der Waals surface area contributed by atoms with Gasteiger partial charge in [-0.2, -0.15) is 0 Å². The first-order valence-electron chi connectivity index (χ1n) is 6.06. The van der Waals surface area contributed by atoms with Crippen molar-refractivity contribution in [3.8, 4) is 5.75 Å². The highest BCUT2D eigenvalue weighted by Crippen LogP contribution is 2.34. The molecule has 0 saturated carbocycles. The molecule has 1 aliphatic heterocycles. The summed E-state index contributed by atoms with van der Waals surface area (Å²) in [6, 6.07) is 3.49. The normalized spacial score (nSPS) is 16.8. The number of phenols is 1. The molecule has 1 heterocycles. The van der Waals surface area contributed by atoms with Gasteiger partial charge in [0.2, 0.25) is 0 Å². The number of carbonyl (C=O) groups is 1. The first kappa shape index (κ1) is 12.5. The van der Waals surface area contributed by atoms with Crippen LogP contribution in [-0.2, 0) is 0 Å². The van der Waals surface area contributed by atoms with Gasteiger partial charge in [-0.05, 0) is 48.9 Å². The van der Waals surface area contributed by atoms with E-state index >= 15 is 0 Å². The summed E-state index contributed by atoms with van der Waals surface area (Å²) in [6.45, 7) is 3.06. The van der Waals surface area contributed by atoms with Crippen LogP contribution in [0.1, 0.15) is 29.9 Å². The molecule has 98 valence electrons. The summed E-state index contributed by atoms with van der Waals surface area (Å²) < 4.78 is 0. The van der Waals surface area contributed by atoms with Gasteiger partial charge >= 0.3 is 6.09 Å². The lowest BCUT2D eigenvalue weighted by Gasteiger charge is -2.31. The molecule has 0 unspecified atom stereocenters. The standard InChI is InChI=1S/C13H18N2O3/c1-8-6-11(14)12(16)7-10(8)9-2-4-15(5-3-9)13(17)18/h6-7,9,16H,2-5,14H2,1H3,(H,17,18). The van der Waals surface area contributed by atoms with Crippen molar-refractivity contribution in [2.75, 3.05) is 18.8 Å².